The molecule has 12 heavy (non-hydrogen) atoms. The lowest BCUT2D eigenvalue weighted by Crippen LogP contribution is -2.47. The van der Waals surface area contributed by atoms with E-state index in [2.05, 4.69) is 11.3 Å². The summed E-state index contributed by atoms with van der Waals surface area (Å²) in [6.07, 6.45) is 4.54. The molecule has 0 aromatic heterocycles. The fourth-order valence-electron chi connectivity index (χ4n) is 1.83. The normalized spacial score (nSPS) is 31.5. The summed E-state index contributed by atoms with van der Waals surface area (Å²) in [4.78, 5) is 2.21. The number of piperidine rings is 1. The zero-order chi connectivity index (χ0) is 8.60. The molecule has 1 heterocycles. The third-order valence-corrected chi connectivity index (χ3v) is 2.92. The topological polar surface area (TPSA) is 3.24 Å². The molecule has 1 saturated heterocycles. The van der Waals surface area contributed by atoms with Gasteiger partial charge in [0.15, 0.2) is 0 Å². The first-order chi connectivity index (χ1) is 5.67. The van der Waals surface area contributed by atoms with Crippen molar-refractivity contribution in [2.75, 3.05) is 13.1 Å². The number of rotatable bonds is 1. The molecule has 0 unspecified atom stereocenters. The van der Waals surface area contributed by atoms with E-state index in [-0.39, 0.29) is 12.8 Å². The van der Waals surface area contributed by atoms with Crippen LogP contribution in [0.2, 0.25) is 0 Å². The Labute approximate surface area is 71.7 Å². The van der Waals surface area contributed by atoms with Crippen molar-refractivity contribution < 1.29 is 8.78 Å². The Hall–Kier alpha value is -0.180. The molecule has 1 nitrogen and oxygen atoms in total. The van der Waals surface area contributed by atoms with Gasteiger partial charge < -0.3 is 0 Å². The van der Waals surface area contributed by atoms with Crippen LogP contribution in [0.4, 0.5) is 8.78 Å². The van der Waals surface area contributed by atoms with Crippen LogP contribution in [0.5, 0.6) is 0 Å². The number of alkyl halides is 2. The molecule has 0 amide bonds. The van der Waals surface area contributed by atoms with E-state index in [0.29, 0.717) is 19.1 Å². The van der Waals surface area contributed by atoms with Gasteiger partial charge in [-0.3, -0.25) is 4.90 Å². The van der Waals surface area contributed by atoms with Gasteiger partial charge in [-0.1, -0.05) is 0 Å². The fraction of sp³-hybridized carbons (Fsp3) is 0.889. The van der Waals surface area contributed by atoms with Crippen molar-refractivity contribution >= 4 is 0 Å². The van der Waals surface area contributed by atoms with Gasteiger partial charge in [-0.25, -0.2) is 8.78 Å². The Bertz CT molecular complexity index is 156. The van der Waals surface area contributed by atoms with Crippen LogP contribution in [0, 0.1) is 6.42 Å². The van der Waals surface area contributed by atoms with Crippen LogP contribution in [0.25, 0.3) is 0 Å². The van der Waals surface area contributed by atoms with E-state index >= 15 is 0 Å². The van der Waals surface area contributed by atoms with Gasteiger partial charge in [-0.15, -0.1) is 0 Å². The van der Waals surface area contributed by atoms with Gasteiger partial charge in [0.25, 0.3) is 5.92 Å². The molecule has 0 atom stereocenters. The summed E-state index contributed by atoms with van der Waals surface area (Å²) in [5.41, 5.74) is 0. The second-order valence-corrected chi connectivity index (χ2v) is 3.81. The van der Waals surface area contributed by atoms with Crippen LogP contribution >= 0.6 is 0 Å². The molecule has 3 heteroatoms. The molecule has 2 rings (SSSR count). The first kappa shape index (κ1) is 8.42. The van der Waals surface area contributed by atoms with Crippen LogP contribution < -0.4 is 0 Å². The van der Waals surface area contributed by atoms with E-state index in [4.69, 9.17) is 0 Å². The molecular formula is C9H14F2N. The van der Waals surface area contributed by atoms with Crippen LogP contribution in [-0.4, -0.2) is 30.0 Å². The van der Waals surface area contributed by atoms with Gasteiger partial charge in [-0.05, 0) is 19.3 Å². The third kappa shape index (κ3) is 1.60. The minimum atomic E-state index is -2.38. The van der Waals surface area contributed by atoms with Crippen molar-refractivity contribution in [2.45, 2.75) is 37.6 Å². The van der Waals surface area contributed by atoms with Gasteiger partial charge in [0.05, 0.1) is 0 Å². The molecule has 69 valence electrons. The van der Waals surface area contributed by atoms with Crippen molar-refractivity contribution in [1.82, 2.24) is 4.90 Å². The molecule has 1 aliphatic heterocycles. The lowest BCUT2D eigenvalue weighted by Gasteiger charge is -2.41. The Balaban J connectivity index is 1.81. The Morgan fingerprint density at radius 1 is 1.17 bits per heavy atom. The van der Waals surface area contributed by atoms with E-state index < -0.39 is 5.92 Å². The minimum Gasteiger partial charge on any atom is -0.300 e. The van der Waals surface area contributed by atoms with Crippen LogP contribution in [0.3, 0.4) is 0 Å². The summed E-state index contributed by atoms with van der Waals surface area (Å²) < 4.78 is 25.5. The first-order valence-electron chi connectivity index (χ1n) is 4.61. The smallest absolute Gasteiger partial charge is 0.250 e. The molecule has 1 saturated carbocycles. The average molecular weight is 174 g/mol. The summed E-state index contributed by atoms with van der Waals surface area (Å²) in [5, 5.41) is 0. The predicted molar refractivity (Wildman–Crippen MR) is 43.1 cm³/mol. The van der Waals surface area contributed by atoms with Crippen molar-refractivity contribution in [3.63, 3.8) is 0 Å². The number of halogens is 2. The summed E-state index contributed by atoms with van der Waals surface area (Å²) in [6.45, 7) is 1.18. The highest BCUT2D eigenvalue weighted by molar-refractivity contribution is 4.94. The van der Waals surface area contributed by atoms with Gasteiger partial charge in [0, 0.05) is 32.0 Å². The molecule has 0 aromatic carbocycles. The highest BCUT2D eigenvalue weighted by atomic mass is 19.3. The van der Waals surface area contributed by atoms with Gasteiger partial charge in [0.1, 0.15) is 0 Å². The predicted octanol–water partition coefficient (Wildman–Crippen LogP) is 2.08. The van der Waals surface area contributed by atoms with E-state index in [1.54, 1.807) is 0 Å². The van der Waals surface area contributed by atoms with Crippen LogP contribution in [0.15, 0.2) is 0 Å². The molecule has 1 aliphatic carbocycles. The molecule has 1 radical (unpaired) electrons. The van der Waals surface area contributed by atoms with Crippen LogP contribution in [-0.2, 0) is 0 Å². The molecule has 0 aromatic rings. The van der Waals surface area contributed by atoms with E-state index in [9.17, 15) is 8.78 Å². The molecule has 0 spiro atoms. The Morgan fingerprint density at radius 3 is 2.17 bits per heavy atom. The van der Waals surface area contributed by atoms with E-state index in [1.165, 1.54) is 0 Å². The van der Waals surface area contributed by atoms with E-state index in [0.717, 1.165) is 12.8 Å². The third-order valence-electron chi connectivity index (χ3n) is 2.92. The van der Waals surface area contributed by atoms with Crippen molar-refractivity contribution in [1.29, 1.82) is 0 Å². The monoisotopic (exact) mass is 174 g/mol. The lowest BCUT2D eigenvalue weighted by molar-refractivity contribution is -0.0662. The Kier molecular flexibility index (Phi) is 2.07. The highest BCUT2D eigenvalue weighted by Crippen LogP contribution is 2.32. The molecule has 2 aliphatic rings. The second kappa shape index (κ2) is 2.95. The SMILES string of the molecule is FC1(F)CCN(C2C[CH]C2)CC1. The van der Waals surface area contributed by atoms with Gasteiger partial charge in [-0.2, -0.15) is 0 Å². The maximum absolute atomic E-state index is 12.7. The quantitative estimate of drug-likeness (QED) is 0.588. The second-order valence-electron chi connectivity index (χ2n) is 3.81. The summed E-state index contributed by atoms with van der Waals surface area (Å²) in [7, 11) is 0. The summed E-state index contributed by atoms with van der Waals surface area (Å²) >= 11 is 0. The zero-order valence-electron chi connectivity index (χ0n) is 7.10. The zero-order valence-corrected chi connectivity index (χ0v) is 7.10. The fourth-order valence-corrected chi connectivity index (χ4v) is 1.83. The lowest BCUT2D eigenvalue weighted by atomic mass is 9.89. The molecule has 0 N–H and O–H groups in total. The number of hydrogen-bond donors (Lipinski definition) is 0. The van der Waals surface area contributed by atoms with Crippen molar-refractivity contribution in [3.8, 4) is 0 Å². The molecular weight excluding hydrogens is 160 g/mol. The highest BCUT2D eigenvalue weighted by Gasteiger charge is 2.37. The average Bonchev–Trinajstić information content (AvgIpc) is 1.89. The Morgan fingerprint density at radius 2 is 1.75 bits per heavy atom. The maximum Gasteiger partial charge on any atom is 0.250 e. The largest absolute Gasteiger partial charge is 0.300 e. The number of nitrogens with zero attached hydrogens (tertiary/aromatic N) is 1. The van der Waals surface area contributed by atoms with Gasteiger partial charge in [0.2, 0.25) is 0 Å². The van der Waals surface area contributed by atoms with Gasteiger partial charge >= 0.3 is 0 Å². The van der Waals surface area contributed by atoms with Crippen LogP contribution in [0.1, 0.15) is 25.7 Å². The van der Waals surface area contributed by atoms with E-state index in [1.807, 2.05) is 0 Å². The molecule has 0 bridgehead atoms. The van der Waals surface area contributed by atoms with Crippen molar-refractivity contribution in [3.05, 3.63) is 6.42 Å². The first-order valence-corrected chi connectivity index (χ1v) is 4.61. The summed E-state index contributed by atoms with van der Waals surface area (Å²) in [6, 6.07) is 0.584. The number of hydrogen-bond acceptors (Lipinski definition) is 1. The van der Waals surface area contributed by atoms with Crippen molar-refractivity contribution in [2.24, 2.45) is 0 Å². The minimum absolute atomic E-state index is 0.0590. The maximum atomic E-state index is 12.7. The summed E-state index contributed by atoms with van der Waals surface area (Å²) in [5.74, 6) is -2.38. The molecule has 2 fully saturated rings. The standard InChI is InChI=1S/C9H14F2N/c10-9(11)4-6-12(7-5-9)8-2-1-3-8/h1,8H,2-7H2. The number of likely N-dealkylation sites (tertiary alicyclic amines) is 1.